The highest BCUT2D eigenvalue weighted by molar-refractivity contribution is 5.93. The molecule has 0 aliphatic carbocycles. The van der Waals surface area contributed by atoms with Gasteiger partial charge in [0.25, 0.3) is 5.91 Å². The molecule has 1 aliphatic heterocycles. The molecule has 9 nitrogen and oxygen atoms in total. The summed E-state index contributed by atoms with van der Waals surface area (Å²) in [5, 5.41) is 3.98. The number of ether oxygens (including phenoxy) is 1. The van der Waals surface area contributed by atoms with E-state index in [-0.39, 0.29) is 24.3 Å². The third-order valence-electron chi connectivity index (χ3n) is 4.44. The number of likely N-dealkylation sites (tertiary alicyclic amines) is 1. The van der Waals surface area contributed by atoms with Crippen molar-refractivity contribution in [2.45, 2.75) is 19.3 Å². The van der Waals surface area contributed by atoms with Crippen LogP contribution in [0.25, 0.3) is 0 Å². The van der Waals surface area contributed by atoms with Crippen molar-refractivity contribution in [2.75, 3.05) is 39.9 Å². The lowest BCUT2D eigenvalue weighted by Gasteiger charge is -2.36. The van der Waals surface area contributed by atoms with Crippen LogP contribution in [0.2, 0.25) is 0 Å². The van der Waals surface area contributed by atoms with Gasteiger partial charge >= 0.3 is 0 Å². The molecule has 144 valence electrons. The summed E-state index contributed by atoms with van der Waals surface area (Å²) in [5.41, 5.74) is 0.590. The molecule has 0 saturated carbocycles. The van der Waals surface area contributed by atoms with Crippen molar-refractivity contribution >= 4 is 11.8 Å². The van der Waals surface area contributed by atoms with E-state index in [1.165, 1.54) is 0 Å². The van der Waals surface area contributed by atoms with E-state index in [9.17, 15) is 9.59 Å². The normalized spacial score (nSPS) is 14.1. The maximum absolute atomic E-state index is 12.3. The molecule has 0 atom stereocenters. The molecule has 0 aromatic carbocycles. The first-order valence-electron chi connectivity index (χ1n) is 8.92. The second-order valence-corrected chi connectivity index (χ2v) is 6.39. The first kappa shape index (κ1) is 19.0. The highest BCUT2D eigenvalue weighted by Crippen LogP contribution is 2.25. The van der Waals surface area contributed by atoms with Crippen molar-refractivity contribution < 1.29 is 18.8 Å². The van der Waals surface area contributed by atoms with Crippen molar-refractivity contribution in [3.8, 4) is 0 Å². The van der Waals surface area contributed by atoms with Crippen molar-refractivity contribution in [1.29, 1.82) is 0 Å². The summed E-state index contributed by atoms with van der Waals surface area (Å²) >= 11 is 0. The fourth-order valence-corrected chi connectivity index (χ4v) is 2.74. The third-order valence-corrected chi connectivity index (χ3v) is 4.44. The lowest BCUT2D eigenvalue weighted by Crippen LogP contribution is -2.49. The summed E-state index contributed by atoms with van der Waals surface area (Å²) in [6, 6.07) is 3.36. The van der Waals surface area contributed by atoms with Gasteiger partial charge in [-0.1, -0.05) is 5.16 Å². The Balaban J connectivity index is 1.45. The van der Waals surface area contributed by atoms with Crippen molar-refractivity contribution in [2.24, 2.45) is 0 Å². The summed E-state index contributed by atoms with van der Waals surface area (Å²) in [5.74, 6) is 1.05. The molecule has 0 N–H and O–H groups in total. The minimum atomic E-state index is -0.0800. The van der Waals surface area contributed by atoms with E-state index in [1.54, 1.807) is 41.4 Å². The molecule has 1 saturated heterocycles. The average Bonchev–Trinajstić information content (AvgIpc) is 3.11. The quantitative estimate of drug-likeness (QED) is 0.672. The van der Waals surface area contributed by atoms with Crippen LogP contribution in [0.5, 0.6) is 0 Å². The second kappa shape index (κ2) is 8.72. The van der Waals surface area contributed by atoms with Gasteiger partial charge in [-0.05, 0) is 19.1 Å². The van der Waals surface area contributed by atoms with E-state index in [0.717, 1.165) is 0 Å². The molecule has 2 aromatic rings. The van der Waals surface area contributed by atoms with Crippen LogP contribution in [0, 0.1) is 0 Å². The number of hydrogen-bond donors (Lipinski definition) is 0. The van der Waals surface area contributed by atoms with Crippen LogP contribution < -0.4 is 0 Å². The molecule has 3 rings (SSSR count). The molecule has 1 aliphatic rings. The average molecular weight is 373 g/mol. The van der Waals surface area contributed by atoms with Gasteiger partial charge in [0.05, 0.1) is 5.92 Å². The molecule has 3 heterocycles. The Morgan fingerprint density at radius 2 is 2.07 bits per heavy atom. The number of likely N-dealkylation sites (N-methyl/N-ethyl adjacent to an activating group) is 1. The number of rotatable bonds is 8. The van der Waals surface area contributed by atoms with E-state index in [0.29, 0.717) is 49.9 Å². The highest BCUT2D eigenvalue weighted by atomic mass is 16.5. The number of carbonyl (C=O) groups is 2. The number of nitrogens with zero attached hydrogens (tertiary/aromatic N) is 5. The van der Waals surface area contributed by atoms with E-state index in [2.05, 4.69) is 15.1 Å². The lowest BCUT2D eigenvalue weighted by atomic mass is 10.0. The lowest BCUT2D eigenvalue weighted by molar-refractivity contribution is -0.140. The first-order chi connectivity index (χ1) is 13.1. The zero-order chi connectivity index (χ0) is 19.2. The number of carbonyl (C=O) groups excluding carboxylic acids is 2. The van der Waals surface area contributed by atoms with E-state index in [4.69, 9.17) is 9.26 Å². The predicted octanol–water partition coefficient (Wildman–Crippen LogP) is 0.742. The van der Waals surface area contributed by atoms with Crippen LogP contribution in [-0.2, 0) is 16.0 Å². The Hall–Kier alpha value is -2.81. The Bertz CT molecular complexity index is 773. The minimum absolute atomic E-state index is 0.0240. The molecule has 0 bridgehead atoms. The standard InChI is InChI=1S/C18H23N5O4/c1-3-26-12-16(24)23-10-14(11-23)17-20-15(21-27-17)6-9-22(2)18(25)13-4-7-19-8-5-13/h4-5,7-8,14H,3,6,9-12H2,1-2H3. The van der Waals surface area contributed by atoms with Gasteiger partial charge in [0.15, 0.2) is 5.82 Å². The summed E-state index contributed by atoms with van der Waals surface area (Å²) in [4.78, 5) is 35.7. The number of amides is 2. The Morgan fingerprint density at radius 3 is 2.78 bits per heavy atom. The van der Waals surface area contributed by atoms with Gasteiger partial charge in [0, 0.05) is 57.7 Å². The zero-order valence-electron chi connectivity index (χ0n) is 15.5. The van der Waals surface area contributed by atoms with Gasteiger partial charge in [-0.2, -0.15) is 4.98 Å². The van der Waals surface area contributed by atoms with Gasteiger partial charge in [0.2, 0.25) is 11.8 Å². The Morgan fingerprint density at radius 1 is 1.33 bits per heavy atom. The van der Waals surface area contributed by atoms with Gasteiger partial charge in [0.1, 0.15) is 6.61 Å². The molecular formula is C18H23N5O4. The van der Waals surface area contributed by atoms with E-state index >= 15 is 0 Å². The maximum atomic E-state index is 12.3. The summed E-state index contributed by atoms with van der Waals surface area (Å²) in [7, 11) is 1.73. The molecule has 1 fully saturated rings. The Labute approximate surface area is 157 Å². The van der Waals surface area contributed by atoms with Crippen molar-refractivity contribution in [3.05, 3.63) is 41.8 Å². The monoisotopic (exact) mass is 373 g/mol. The summed E-state index contributed by atoms with van der Waals surface area (Å²) < 4.78 is 10.4. The third kappa shape index (κ3) is 4.68. The van der Waals surface area contributed by atoms with Crippen LogP contribution in [0.3, 0.4) is 0 Å². The number of pyridine rings is 1. The Kier molecular flexibility index (Phi) is 6.12. The number of hydrogen-bond acceptors (Lipinski definition) is 7. The molecule has 9 heteroatoms. The van der Waals surface area contributed by atoms with E-state index < -0.39 is 0 Å². The smallest absolute Gasteiger partial charge is 0.253 e. The highest BCUT2D eigenvalue weighted by Gasteiger charge is 2.35. The van der Waals surface area contributed by atoms with Crippen LogP contribution >= 0.6 is 0 Å². The van der Waals surface area contributed by atoms with E-state index in [1.807, 2.05) is 6.92 Å². The predicted molar refractivity (Wildman–Crippen MR) is 95.0 cm³/mol. The molecule has 2 aromatic heterocycles. The molecule has 0 spiro atoms. The topological polar surface area (TPSA) is 102 Å². The van der Waals surface area contributed by atoms with Crippen LogP contribution in [-0.4, -0.2) is 76.6 Å². The molecule has 0 radical (unpaired) electrons. The van der Waals surface area contributed by atoms with Gasteiger partial charge < -0.3 is 19.1 Å². The van der Waals surface area contributed by atoms with Gasteiger partial charge in [-0.25, -0.2) is 0 Å². The number of aromatic nitrogens is 3. The minimum Gasteiger partial charge on any atom is -0.372 e. The molecule has 2 amide bonds. The van der Waals surface area contributed by atoms with Crippen molar-refractivity contribution in [3.63, 3.8) is 0 Å². The molecule has 0 unspecified atom stereocenters. The fourth-order valence-electron chi connectivity index (χ4n) is 2.74. The SMILES string of the molecule is CCOCC(=O)N1CC(c2nc(CCN(C)C(=O)c3ccncc3)no2)C1. The fraction of sp³-hybridized carbons (Fsp3) is 0.500. The first-order valence-corrected chi connectivity index (χ1v) is 8.92. The zero-order valence-corrected chi connectivity index (χ0v) is 15.5. The molecular weight excluding hydrogens is 350 g/mol. The maximum Gasteiger partial charge on any atom is 0.253 e. The summed E-state index contributed by atoms with van der Waals surface area (Å²) in [6.45, 7) is 4.09. The van der Waals surface area contributed by atoms with Gasteiger partial charge in [-0.3, -0.25) is 14.6 Å². The largest absolute Gasteiger partial charge is 0.372 e. The van der Waals surface area contributed by atoms with Crippen LogP contribution in [0.1, 0.15) is 34.9 Å². The van der Waals surface area contributed by atoms with Crippen LogP contribution in [0.4, 0.5) is 0 Å². The van der Waals surface area contributed by atoms with Crippen LogP contribution in [0.15, 0.2) is 29.0 Å². The van der Waals surface area contributed by atoms with Crippen molar-refractivity contribution in [1.82, 2.24) is 24.9 Å². The second-order valence-electron chi connectivity index (χ2n) is 6.39. The summed E-state index contributed by atoms with van der Waals surface area (Å²) in [6.07, 6.45) is 3.68. The molecule has 27 heavy (non-hydrogen) atoms. The van der Waals surface area contributed by atoms with Gasteiger partial charge in [-0.15, -0.1) is 0 Å².